The first kappa shape index (κ1) is 16.8. The average molecular weight is 354 g/mol. The van der Waals surface area contributed by atoms with Gasteiger partial charge in [-0.2, -0.15) is 0 Å². The molecule has 0 saturated heterocycles. The molecule has 0 fully saturated rings. The number of anilines is 1. The summed E-state index contributed by atoms with van der Waals surface area (Å²) in [5.41, 5.74) is 1.13. The molecule has 8 heteroatoms. The first-order chi connectivity index (χ1) is 12.0. The highest BCUT2D eigenvalue weighted by molar-refractivity contribution is 8.00. The number of carbonyl (C=O) groups excluding carboxylic acids is 1. The average Bonchev–Trinajstić information content (AvgIpc) is 2.62. The van der Waals surface area contributed by atoms with Gasteiger partial charge in [0.15, 0.2) is 0 Å². The fourth-order valence-corrected chi connectivity index (χ4v) is 3.14. The fraction of sp³-hybridized carbons (Fsp3) is 0.118. The van der Waals surface area contributed by atoms with Crippen LogP contribution in [0.3, 0.4) is 0 Å². The van der Waals surface area contributed by atoms with E-state index in [2.05, 4.69) is 15.3 Å². The molecule has 0 aliphatic carbocycles. The summed E-state index contributed by atoms with van der Waals surface area (Å²) in [5, 5.41) is 14.7. The summed E-state index contributed by atoms with van der Waals surface area (Å²) in [4.78, 5) is 31.2. The summed E-state index contributed by atoms with van der Waals surface area (Å²) in [6, 6.07) is 13.4. The van der Waals surface area contributed by atoms with E-state index >= 15 is 0 Å². The lowest BCUT2D eigenvalue weighted by Gasteiger charge is -2.12. The van der Waals surface area contributed by atoms with E-state index in [0.29, 0.717) is 10.7 Å². The lowest BCUT2D eigenvalue weighted by atomic mass is 10.2. The Morgan fingerprint density at radius 2 is 2.00 bits per heavy atom. The van der Waals surface area contributed by atoms with Crippen molar-refractivity contribution in [2.24, 2.45) is 0 Å². The molecule has 1 amide bonds. The monoisotopic (exact) mass is 354 g/mol. The van der Waals surface area contributed by atoms with Crippen molar-refractivity contribution >= 4 is 39.9 Å². The minimum atomic E-state index is -0.499. The molecule has 1 N–H and O–H groups in total. The largest absolute Gasteiger partial charge is 0.325 e. The molecule has 1 aromatic heterocycles. The van der Waals surface area contributed by atoms with Crippen molar-refractivity contribution in [1.29, 1.82) is 0 Å². The molecule has 0 radical (unpaired) electrons. The maximum Gasteiger partial charge on any atom is 0.271 e. The Morgan fingerprint density at radius 3 is 2.80 bits per heavy atom. The zero-order valence-corrected chi connectivity index (χ0v) is 14.1. The number of fused-ring (bicyclic) bond motifs is 1. The zero-order valence-electron chi connectivity index (χ0n) is 13.2. The molecule has 0 spiro atoms. The number of nitro groups is 1. The van der Waals surface area contributed by atoms with E-state index in [0.717, 1.165) is 10.9 Å². The van der Waals surface area contributed by atoms with E-state index in [9.17, 15) is 14.9 Å². The number of para-hydroxylation sites is 1. The minimum Gasteiger partial charge on any atom is -0.325 e. The number of nitro benzene ring substituents is 1. The van der Waals surface area contributed by atoms with Crippen molar-refractivity contribution in [3.05, 3.63) is 65.0 Å². The molecule has 0 bridgehead atoms. The lowest BCUT2D eigenvalue weighted by Crippen LogP contribution is -2.22. The Morgan fingerprint density at radius 1 is 1.20 bits per heavy atom. The van der Waals surface area contributed by atoms with Crippen LogP contribution in [0.5, 0.6) is 0 Å². The summed E-state index contributed by atoms with van der Waals surface area (Å²) in [7, 11) is 0. The fourth-order valence-electron chi connectivity index (χ4n) is 2.24. The van der Waals surface area contributed by atoms with Crippen molar-refractivity contribution in [2.75, 3.05) is 5.32 Å². The molecule has 0 aliphatic rings. The number of carbonyl (C=O) groups is 1. The SMILES string of the molecule is CC(Sc1ncnc2ccccc12)C(=O)Nc1cccc([N+](=O)[O-])c1. The van der Waals surface area contributed by atoms with Crippen molar-refractivity contribution in [3.8, 4) is 0 Å². The molecule has 126 valence electrons. The molecule has 0 aliphatic heterocycles. The Balaban J connectivity index is 1.74. The first-order valence-electron chi connectivity index (χ1n) is 7.46. The molecular weight excluding hydrogens is 340 g/mol. The zero-order chi connectivity index (χ0) is 17.8. The van der Waals surface area contributed by atoms with Crippen molar-refractivity contribution in [2.45, 2.75) is 17.2 Å². The molecule has 1 atom stereocenters. The second-order valence-electron chi connectivity index (χ2n) is 5.25. The van der Waals surface area contributed by atoms with Gasteiger partial charge in [0.05, 0.1) is 15.7 Å². The van der Waals surface area contributed by atoms with Gasteiger partial charge in [0.2, 0.25) is 5.91 Å². The van der Waals surface area contributed by atoms with Gasteiger partial charge < -0.3 is 5.32 Å². The van der Waals surface area contributed by atoms with Gasteiger partial charge in [-0.1, -0.05) is 36.0 Å². The number of hydrogen-bond donors (Lipinski definition) is 1. The number of amides is 1. The number of thioether (sulfide) groups is 1. The van der Waals surface area contributed by atoms with Crippen LogP contribution >= 0.6 is 11.8 Å². The molecule has 1 unspecified atom stereocenters. The maximum absolute atomic E-state index is 12.4. The smallest absolute Gasteiger partial charge is 0.271 e. The number of nitrogens with zero attached hydrogens (tertiary/aromatic N) is 3. The summed E-state index contributed by atoms with van der Waals surface area (Å²) in [6.07, 6.45) is 1.47. The predicted molar refractivity (Wildman–Crippen MR) is 96.6 cm³/mol. The van der Waals surface area contributed by atoms with Gasteiger partial charge in [-0.05, 0) is 19.1 Å². The van der Waals surface area contributed by atoms with Crippen molar-refractivity contribution in [3.63, 3.8) is 0 Å². The Hall–Kier alpha value is -3.00. The second kappa shape index (κ2) is 7.27. The summed E-state index contributed by atoms with van der Waals surface area (Å²) < 4.78 is 0. The van der Waals surface area contributed by atoms with Crippen LogP contribution in [0.2, 0.25) is 0 Å². The van der Waals surface area contributed by atoms with Crippen LogP contribution in [0.15, 0.2) is 59.9 Å². The third-order valence-electron chi connectivity index (χ3n) is 3.49. The van der Waals surface area contributed by atoms with E-state index in [4.69, 9.17) is 0 Å². The third kappa shape index (κ3) is 3.92. The molecule has 3 aromatic rings. The van der Waals surface area contributed by atoms with Crippen molar-refractivity contribution in [1.82, 2.24) is 9.97 Å². The van der Waals surface area contributed by atoms with Crippen LogP contribution in [-0.4, -0.2) is 26.0 Å². The Labute approximate surface area is 147 Å². The van der Waals surface area contributed by atoms with Crippen LogP contribution in [0.25, 0.3) is 10.9 Å². The summed E-state index contributed by atoms with van der Waals surface area (Å²) in [5.74, 6) is -0.256. The van der Waals surface area contributed by atoms with Crippen LogP contribution in [0.4, 0.5) is 11.4 Å². The quantitative estimate of drug-likeness (QED) is 0.325. The molecule has 2 aromatic carbocycles. The maximum atomic E-state index is 12.4. The van der Waals surface area contributed by atoms with Crippen LogP contribution in [-0.2, 0) is 4.79 Å². The van der Waals surface area contributed by atoms with Gasteiger partial charge in [-0.25, -0.2) is 9.97 Å². The Bertz CT molecular complexity index is 943. The first-order valence-corrected chi connectivity index (χ1v) is 8.34. The third-order valence-corrected chi connectivity index (χ3v) is 4.60. The van der Waals surface area contributed by atoms with Crippen LogP contribution in [0.1, 0.15) is 6.92 Å². The summed E-state index contributed by atoms with van der Waals surface area (Å²) in [6.45, 7) is 1.76. The standard InChI is InChI=1S/C17H14N4O3S/c1-11(16(22)20-12-5-4-6-13(9-12)21(23)24)25-17-14-7-2-3-8-15(14)18-10-19-17/h2-11H,1H3,(H,20,22). The highest BCUT2D eigenvalue weighted by Crippen LogP contribution is 2.28. The van der Waals surface area contributed by atoms with E-state index in [1.165, 1.54) is 36.3 Å². The number of aromatic nitrogens is 2. The van der Waals surface area contributed by atoms with Crippen LogP contribution in [0, 0.1) is 10.1 Å². The number of non-ortho nitro benzene ring substituents is 1. The van der Waals surface area contributed by atoms with Crippen molar-refractivity contribution < 1.29 is 9.72 Å². The molecule has 25 heavy (non-hydrogen) atoms. The molecule has 0 saturated carbocycles. The van der Waals surface area contributed by atoms with Gasteiger partial charge in [-0.3, -0.25) is 14.9 Å². The molecule has 1 heterocycles. The molecule has 7 nitrogen and oxygen atoms in total. The Kier molecular flexibility index (Phi) is 4.90. The van der Waals surface area contributed by atoms with E-state index in [1.807, 2.05) is 24.3 Å². The van der Waals surface area contributed by atoms with Gasteiger partial charge >= 0.3 is 0 Å². The number of nitrogens with one attached hydrogen (secondary N) is 1. The number of hydrogen-bond acceptors (Lipinski definition) is 6. The highest BCUT2D eigenvalue weighted by atomic mass is 32.2. The lowest BCUT2D eigenvalue weighted by molar-refractivity contribution is -0.384. The highest BCUT2D eigenvalue weighted by Gasteiger charge is 2.18. The molecular formula is C17H14N4O3S. The normalized spacial score (nSPS) is 11.9. The number of rotatable bonds is 5. The van der Waals surface area contributed by atoms with Gasteiger partial charge in [-0.15, -0.1) is 0 Å². The van der Waals surface area contributed by atoms with Gasteiger partial charge in [0.25, 0.3) is 5.69 Å². The van der Waals surface area contributed by atoms with E-state index in [1.54, 1.807) is 13.0 Å². The second-order valence-corrected chi connectivity index (χ2v) is 6.58. The topological polar surface area (TPSA) is 98.0 Å². The van der Waals surface area contributed by atoms with E-state index < -0.39 is 10.2 Å². The molecule has 3 rings (SSSR count). The van der Waals surface area contributed by atoms with Crippen LogP contribution < -0.4 is 5.32 Å². The predicted octanol–water partition coefficient (Wildman–Crippen LogP) is 3.66. The van der Waals surface area contributed by atoms with Gasteiger partial charge in [0.1, 0.15) is 11.4 Å². The summed E-state index contributed by atoms with van der Waals surface area (Å²) >= 11 is 1.31. The van der Waals surface area contributed by atoms with Gasteiger partial charge in [0, 0.05) is 23.2 Å². The minimum absolute atomic E-state index is 0.0695. The van der Waals surface area contributed by atoms with E-state index in [-0.39, 0.29) is 11.6 Å². The number of benzene rings is 2.